The summed E-state index contributed by atoms with van der Waals surface area (Å²) in [5.74, 6) is 1.47. The maximum atomic E-state index is 5.90. The molecule has 126 valence electrons. The molecule has 24 heavy (non-hydrogen) atoms. The van der Waals surface area contributed by atoms with E-state index >= 15 is 0 Å². The van der Waals surface area contributed by atoms with Crippen molar-refractivity contribution in [1.82, 2.24) is 14.9 Å². The molecule has 2 heterocycles. The van der Waals surface area contributed by atoms with Crippen molar-refractivity contribution in [3.63, 3.8) is 0 Å². The lowest BCUT2D eigenvalue weighted by Crippen LogP contribution is -2.41. The van der Waals surface area contributed by atoms with E-state index in [0.717, 1.165) is 31.2 Å². The Balaban J connectivity index is 1.46. The predicted molar refractivity (Wildman–Crippen MR) is 91.7 cm³/mol. The van der Waals surface area contributed by atoms with Gasteiger partial charge in [-0.1, -0.05) is 12.5 Å². The fourth-order valence-corrected chi connectivity index (χ4v) is 3.50. The van der Waals surface area contributed by atoms with Crippen molar-refractivity contribution >= 4 is 0 Å². The summed E-state index contributed by atoms with van der Waals surface area (Å²) in [6.45, 7) is 2.34. The van der Waals surface area contributed by atoms with E-state index in [4.69, 9.17) is 9.47 Å². The van der Waals surface area contributed by atoms with Crippen LogP contribution < -0.4 is 9.47 Å². The van der Waals surface area contributed by atoms with Crippen molar-refractivity contribution < 1.29 is 9.47 Å². The van der Waals surface area contributed by atoms with Gasteiger partial charge in [0.2, 0.25) is 0 Å². The summed E-state index contributed by atoms with van der Waals surface area (Å²) in [5, 5.41) is 0. The zero-order valence-electron chi connectivity index (χ0n) is 14.1. The minimum Gasteiger partial charge on any atom is -0.467 e. The average molecular weight is 325 g/mol. The van der Waals surface area contributed by atoms with Gasteiger partial charge in [-0.2, -0.15) is 9.97 Å². The van der Waals surface area contributed by atoms with Crippen molar-refractivity contribution in [3.05, 3.63) is 41.7 Å². The van der Waals surface area contributed by atoms with Crippen LogP contribution in [0.4, 0.5) is 0 Å². The van der Waals surface area contributed by atoms with Gasteiger partial charge in [0.25, 0.3) is 0 Å². The lowest BCUT2D eigenvalue weighted by atomic mass is 9.91. The molecule has 5 nitrogen and oxygen atoms in total. The van der Waals surface area contributed by atoms with Gasteiger partial charge in [0, 0.05) is 19.1 Å². The van der Waals surface area contributed by atoms with E-state index < -0.39 is 0 Å². The van der Waals surface area contributed by atoms with Crippen LogP contribution in [0.1, 0.15) is 30.4 Å². The Labute approximate surface area is 142 Å². The molecule has 2 aliphatic rings. The van der Waals surface area contributed by atoms with E-state index in [2.05, 4.69) is 27.0 Å². The predicted octanol–water partition coefficient (Wildman–Crippen LogP) is 3.23. The zero-order valence-corrected chi connectivity index (χ0v) is 14.1. The summed E-state index contributed by atoms with van der Waals surface area (Å²) in [7, 11) is 1.55. The second-order valence-corrected chi connectivity index (χ2v) is 6.56. The van der Waals surface area contributed by atoms with Gasteiger partial charge in [-0.3, -0.25) is 4.90 Å². The molecule has 5 heteroatoms. The van der Waals surface area contributed by atoms with Crippen LogP contribution in [0.3, 0.4) is 0 Å². The molecular weight excluding hydrogens is 302 g/mol. The van der Waals surface area contributed by atoms with Gasteiger partial charge in [0.05, 0.1) is 19.5 Å². The third-order valence-electron chi connectivity index (χ3n) is 5.13. The van der Waals surface area contributed by atoms with Crippen molar-refractivity contribution in [2.24, 2.45) is 0 Å². The molecule has 1 aliphatic carbocycles. The van der Waals surface area contributed by atoms with Gasteiger partial charge in [-0.25, -0.2) is 0 Å². The first-order chi connectivity index (χ1) is 11.8. The average Bonchev–Trinajstić information content (AvgIpc) is 2.77. The fourth-order valence-electron chi connectivity index (χ4n) is 3.50. The second-order valence-electron chi connectivity index (χ2n) is 6.56. The molecule has 2 aromatic rings. The molecule has 0 saturated heterocycles. The lowest BCUT2D eigenvalue weighted by Gasteiger charge is -2.36. The first-order valence-electron chi connectivity index (χ1n) is 8.71. The van der Waals surface area contributed by atoms with Gasteiger partial charge in [-0.05, 0) is 48.9 Å². The van der Waals surface area contributed by atoms with Gasteiger partial charge < -0.3 is 9.47 Å². The van der Waals surface area contributed by atoms with E-state index in [1.165, 1.54) is 36.9 Å². The van der Waals surface area contributed by atoms with Crippen LogP contribution in [-0.2, 0) is 12.8 Å². The number of rotatable bonds is 4. The van der Waals surface area contributed by atoms with Gasteiger partial charge in [0.15, 0.2) is 5.75 Å². The topological polar surface area (TPSA) is 47.5 Å². The molecule has 0 spiro atoms. The number of hydrogen-bond acceptors (Lipinski definition) is 5. The maximum Gasteiger partial charge on any atom is 0.316 e. The smallest absolute Gasteiger partial charge is 0.316 e. The highest BCUT2D eigenvalue weighted by Gasteiger charge is 2.26. The highest BCUT2D eigenvalue weighted by atomic mass is 16.5. The summed E-state index contributed by atoms with van der Waals surface area (Å²) < 4.78 is 10.9. The van der Waals surface area contributed by atoms with E-state index in [-0.39, 0.29) is 0 Å². The molecule has 0 atom stereocenters. The van der Waals surface area contributed by atoms with Gasteiger partial charge in [-0.15, -0.1) is 0 Å². The molecule has 0 N–H and O–H groups in total. The number of methoxy groups -OCH3 is 1. The van der Waals surface area contributed by atoms with E-state index in [0.29, 0.717) is 11.8 Å². The van der Waals surface area contributed by atoms with Crippen LogP contribution >= 0.6 is 0 Å². The molecule has 0 radical (unpaired) electrons. The van der Waals surface area contributed by atoms with Crippen LogP contribution in [0.15, 0.2) is 30.6 Å². The first kappa shape index (κ1) is 15.4. The molecule has 0 unspecified atom stereocenters. The van der Waals surface area contributed by atoms with Crippen molar-refractivity contribution in [1.29, 1.82) is 0 Å². The zero-order chi connectivity index (χ0) is 16.4. The minimum atomic E-state index is 0.348. The summed E-state index contributed by atoms with van der Waals surface area (Å²) in [6.07, 6.45) is 9.66. The van der Waals surface area contributed by atoms with Crippen molar-refractivity contribution in [3.8, 4) is 17.5 Å². The molecule has 0 bridgehead atoms. The van der Waals surface area contributed by atoms with E-state index in [9.17, 15) is 0 Å². The first-order valence-corrected chi connectivity index (χ1v) is 8.71. The Morgan fingerprint density at radius 1 is 1.00 bits per heavy atom. The molecule has 1 aliphatic heterocycles. The highest BCUT2D eigenvalue weighted by Crippen LogP contribution is 2.29. The van der Waals surface area contributed by atoms with Crippen molar-refractivity contribution in [2.75, 3.05) is 20.2 Å². The highest BCUT2D eigenvalue weighted by molar-refractivity contribution is 5.38. The number of aromatic nitrogens is 2. The van der Waals surface area contributed by atoms with E-state index in [1.54, 1.807) is 19.5 Å². The van der Waals surface area contributed by atoms with Gasteiger partial charge >= 0.3 is 6.01 Å². The summed E-state index contributed by atoms with van der Waals surface area (Å²) >= 11 is 0. The molecule has 1 aromatic heterocycles. The third-order valence-corrected chi connectivity index (χ3v) is 5.13. The van der Waals surface area contributed by atoms with Crippen LogP contribution in [0.25, 0.3) is 0 Å². The molecule has 4 rings (SSSR count). The normalized spacial score (nSPS) is 18.4. The number of hydrogen-bond donors (Lipinski definition) is 0. The maximum absolute atomic E-state index is 5.90. The Morgan fingerprint density at radius 2 is 1.75 bits per heavy atom. The lowest BCUT2D eigenvalue weighted by molar-refractivity contribution is 0.133. The summed E-state index contributed by atoms with van der Waals surface area (Å²) in [6, 6.07) is 7.59. The van der Waals surface area contributed by atoms with Crippen molar-refractivity contribution in [2.45, 2.75) is 38.1 Å². The fraction of sp³-hybridized carbons (Fsp3) is 0.474. The summed E-state index contributed by atoms with van der Waals surface area (Å²) in [4.78, 5) is 10.8. The number of fused-ring (bicyclic) bond motifs is 1. The molecular formula is C19H23N3O2. The summed E-state index contributed by atoms with van der Waals surface area (Å²) in [5.41, 5.74) is 2.86. The Morgan fingerprint density at radius 3 is 2.42 bits per heavy atom. The standard InChI is InChI=1S/C19H23N3O2/c1-23-19-20-12-18(13-21-19)24-17-6-5-14-7-9-22(16-3-2-4-16)10-8-15(14)11-17/h5-6,11-13,16H,2-4,7-10H2,1H3. The molecule has 1 aromatic carbocycles. The number of nitrogens with zero attached hydrogens (tertiary/aromatic N) is 3. The van der Waals surface area contributed by atoms with Crippen LogP contribution in [0, 0.1) is 0 Å². The van der Waals surface area contributed by atoms with Crippen LogP contribution in [0.5, 0.6) is 17.5 Å². The Kier molecular flexibility index (Phi) is 4.34. The third kappa shape index (κ3) is 3.22. The van der Waals surface area contributed by atoms with E-state index in [1.807, 2.05) is 6.07 Å². The SMILES string of the molecule is COc1ncc(Oc2ccc3c(c2)CCN(C2CCC2)CC3)cn1. The van der Waals surface area contributed by atoms with Crippen LogP contribution in [0.2, 0.25) is 0 Å². The molecule has 1 saturated carbocycles. The quantitative estimate of drug-likeness (QED) is 0.864. The molecule has 1 fully saturated rings. The Hall–Kier alpha value is -2.14. The molecule has 0 amide bonds. The number of ether oxygens (including phenoxy) is 2. The number of benzene rings is 1. The van der Waals surface area contributed by atoms with Crippen LogP contribution in [-0.4, -0.2) is 41.1 Å². The van der Waals surface area contributed by atoms with Gasteiger partial charge in [0.1, 0.15) is 5.75 Å². The Bertz CT molecular complexity index is 698. The minimum absolute atomic E-state index is 0.348. The second kappa shape index (κ2) is 6.77. The monoisotopic (exact) mass is 325 g/mol. The largest absolute Gasteiger partial charge is 0.467 e.